The molecule has 1 saturated heterocycles. The van der Waals surface area contributed by atoms with Crippen LogP contribution in [0, 0.1) is 6.92 Å². The molecule has 4 nitrogen and oxygen atoms in total. The van der Waals surface area contributed by atoms with Crippen LogP contribution < -0.4 is 10.6 Å². The van der Waals surface area contributed by atoms with Crippen LogP contribution in [0.2, 0.25) is 0 Å². The maximum atomic E-state index is 12.3. The van der Waals surface area contributed by atoms with Crippen LogP contribution in [-0.4, -0.2) is 29.1 Å². The van der Waals surface area contributed by atoms with E-state index in [0.29, 0.717) is 5.56 Å². The van der Waals surface area contributed by atoms with Crippen molar-refractivity contribution in [2.45, 2.75) is 50.6 Å². The van der Waals surface area contributed by atoms with Crippen LogP contribution in [0.3, 0.4) is 0 Å². The predicted molar refractivity (Wildman–Crippen MR) is 77.9 cm³/mol. The van der Waals surface area contributed by atoms with Gasteiger partial charge in [0.05, 0.1) is 5.56 Å². The summed E-state index contributed by atoms with van der Waals surface area (Å²) in [5, 5.41) is 16.7. The minimum Gasteiger partial charge on any atom is -0.507 e. The predicted octanol–water partition coefficient (Wildman–Crippen LogP) is 2.11. The molecule has 1 atom stereocenters. The summed E-state index contributed by atoms with van der Waals surface area (Å²) in [6.07, 6.45) is 5.68. The number of benzene rings is 1. The molecule has 1 heterocycles. The third-order valence-corrected chi connectivity index (χ3v) is 4.76. The number of rotatable bonds is 2. The van der Waals surface area contributed by atoms with Crippen molar-refractivity contribution in [3.63, 3.8) is 0 Å². The van der Waals surface area contributed by atoms with Gasteiger partial charge in [0.15, 0.2) is 0 Å². The third-order valence-electron chi connectivity index (χ3n) is 4.76. The van der Waals surface area contributed by atoms with Crippen molar-refractivity contribution in [3.8, 4) is 5.75 Å². The van der Waals surface area contributed by atoms with Crippen molar-refractivity contribution in [1.29, 1.82) is 0 Å². The summed E-state index contributed by atoms with van der Waals surface area (Å²) in [6.45, 7) is 2.77. The molecule has 1 spiro atoms. The summed E-state index contributed by atoms with van der Waals surface area (Å²) in [6, 6.07) is 5.50. The van der Waals surface area contributed by atoms with Crippen LogP contribution in [0.5, 0.6) is 5.75 Å². The minimum atomic E-state index is -0.160. The van der Waals surface area contributed by atoms with Crippen LogP contribution >= 0.6 is 0 Å². The number of carbonyl (C=O) groups excluding carboxylic acids is 1. The molecule has 1 amide bonds. The second-order valence-corrected chi connectivity index (χ2v) is 6.19. The average Bonchev–Trinajstić information content (AvgIpc) is 2.40. The van der Waals surface area contributed by atoms with Gasteiger partial charge in [-0.05, 0) is 57.2 Å². The molecule has 1 aromatic rings. The lowest BCUT2D eigenvalue weighted by atomic mass is 9.70. The Bertz CT molecular complexity index is 523. The van der Waals surface area contributed by atoms with Gasteiger partial charge < -0.3 is 15.7 Å². The fourth-order valence-corrected chi connectivity index (χ4v) is 3.37. The first kappa shape index (κ1) is 13.4. The van der Waals surface area contributed by atoms with E-state index in [1.54, 1.807) is 25.1 Å². The smallest absolute Gasteiger partial charge is 0.255 e. The first-order valence-electron chi connectivity index (χ1n) is 7.44. The normalized spacial score (nSPS) is 24.1. The number of amides is 1. The molecule has 20 heavy (non-hydrogen) atoms. The molecule has 1 saturated carbocycles. The van der Waals surface area contributed by atoms with E-state index in [9.17, 15) is 9.90 Å². The summed E-state index contributed by atoms with van der Waals surface area (Å²) < 4.78 is 0. The van der Waals surface area contributed by atoms with E-state index in [0.717, 1.165) is 24.9 Å². The Morgan fingerprint density at radius 2 is 2.25 bits per heavy atom. The number of hydrogen-bond acceptors (Lipinski definition) is 3. The lowest BCUT2D eigenvalue weighted by Crippen LogP contribution is -2.59. The van der Waals surface area contributed by atoms with Gasteiger partial charge in [0.25, 0.3) is 5.91 Å². The summed E-state index contributed by atoms with van der Waals surface area (Å²) in [7, 11) is 0. The summed E-state index contributed by atoms with van der Waals surface area (Å²) in [4.78, 5) is 12.3. The summed E-state index contributed by atoms with van der Waals surface area (Å²) >= 11 is 0. The largest absolute Gasteiger partial charge is 0.507 e. The van der Waals surface area contributed by atoms with Crippen LogP contribution in [0.4, 0.5) is 0 Å². The standard InChI is InChI=1S/C16H22N2O2/c1-11-4-2-5-13(14(11)19)15(20)18-12-6-9-17-16(10-12)7-3-8-16/h2,4-5,12,17,19H,3,6-10H2,1H3,(H,18,20). The Morgan fingerprint density at radius 3 is 2.95 bits per heavy atom. The monoisotopic (exact) mass is 274 g/mol. The highest BCUT2D eigenvalue weighted by molar-refractivity contribution is 5.97. The fraction of sp³-hybridized carbons (Fsp3) is 0.562. The number of aromatic hydroxyl groups is 1. The van der Waals surface area contributed by atoms with Crippen LogP contribution in [0.15, 0.2) is 18.2 Å². The number of hydrogen-bond donors (Lipinski definition) is 3. The highest BCUT2D eigenvalue weighted by Gasteiger charge is 2.41. The van der Waals surface area contributed by atoms with Crippen molar-refractivity contribution < 1.29 is 9.90 Å². The second kappa shape index (κ2) is 5.09. The molecule has 3 N–H and O–H groups in total. The zero-order valence-electron chi connectivity index (χ0n) is 11.9. The molecule has 1 aromatic carbocycles. The molecule has 0 aromatic heterocycles. The van der Waals surface area contributed by atoms with E-state index in [1.807, 2.05) is 0 Å². The summed E-state index contributed by atoms with van der Waals surface area (Å²) in [5.74, 6) is -0.0649. The molecular weight excluding hydrogens is 252 g/mol. The molecule has 1 unspecified atom stereocenters. The first-order chi connectivity index (χ1) is 9.60. The second-order valence-electron chi connectivity index (χ2n) is 6.19. The van der Waals surface area contributed by atoms with E-state index in [4.69, 9.17) is 0 Å². The molecule has 3 rings (SSSR count). The Morgan fingerprint density at radius 1 is 1.45 bits per heavy atom. The van der Waals surface area contributed by atoms with Crippen molar-refractivity contribution in [3.05, 3.63) is 29.3 Å². The van der Waals surface area contributed by atoms with Crippen molar-refractivity contribution >= 4 is 5.91 Å². The average molecular weight is 274 g/mol. The highest BCUT2D eigenvalue weighted by atomic mass is 16.3. The Kier molecular flexibility index (Phi) is 3.42. The van der Waals surface area contributed by atoms with Crippen LogP contribution in [-0.2, 0) is 0 Å². The van der Waals surface area contributed by atoms with E-state index in [-0.39, 0.29) is 23.2 Å². The van der Waals surface area contributed by atoms with Gasteiger partial charge in [-0.25, -0.2) is 0 Å². The van der Waals surface area contributed by atoms with E-state index < -0.39 is 0 Å². The van der Waals surface area contributed by atoms with Gasteiger partial charge in [0.2, 0.25) is 0 Å². The lowest BCUT2D eigenvalue weighted by molar-refractivity contribution is 0.0850. The molecule has 1 aliphatic carbocycles. The number of aryl methyl sites for hydroxylation is 1. The lowest BCUT2D eigenvalue weighted by Gasteiger charge is -2.48. The fourth-order valence-electron chi connectivity index (χ4n) is 3.37. The Hall–Kier alpha value is -1.55. The molecule has 2 aliphatic rings. The zero-order chi connectivity index (χ0) is 14.2. The Balaban J connectivity index is 1.68. The molecule has 108 valence electrons. The Labute approximate surface area is 119 Å². The molecule has 1 aliphatic heterocycles. The molecular formula is C16H22N2O2. The van der Waals surface area contributed by atoms with Gasteiger partial charge in [0, 0.05) is 11.6 Å². The third kappa shape index (κ3) is 2.40. The minimum absolute atomic E-state index is 0.0947. The number of phenols is 1. The van der Waals surface area contributed by atoms with Crippen LogP contribution in [0.1, 0.15) is 48.0 Å². The molecule has 0 radical (unpaired) electrons. The van der Waals surface area contributed by atoms with E-state index in [1.165, 1.54) is 19.3 Å². The number of phenolic OH excluding ortho intramolecular Hbond substituents is 1. The van der Waals surface area contributed by atoms with Gasteiger partial charge >= 0.3 is 0 Å². The topological polar surface area (TPSA) is 61.4 Å². The SMILES string of the molecule is Cc1cccc(C(=O)NC2CCNC3(CCC3)C2)c1O. The van der Waals surface area contributed by atoms with Gasteiger partial charge in [-0.2, -0.15) is 0 Å². The molecule has 0 bridgehead atoms. The maximum absolute atomic E-state index is 12.3. The van der Waals surface area contributed by atoms with Gasteiger partial charge in [-0.15, -0.1) is 0 Å². The maximum Gasteiger partial charge on any atom is 0.255 e. The first-order valence-corrected chi connectivity index (χ1v) is 7.44. The van der Waals surface area contributed by atoms with E-state index >= 15 is 0 Å². The van der Waals surface area contributed by atoms with Crippen molar-refractivity contribution in [2.24, 2.45) is 0 Å². The highest BCUT2D eigenvalue weighted by Crippen LogP contribution is 2.38. The van der Waals surface area contributed by atoms with E-state index in [2.05, 4.69) is 10.6 Å². The summed E-state index contributed by atoms with van der Waals surface area (Å²) in [5.41, 5.74) is 1.38. The zero-order valence-corrected chi connectivity index (χ0v) is 11.9. The van der Waals surface area contributed by atoms with Crippen LogP contribution in [0.25, 0.3) is 0 Å². The van der Waals surface area contributed by atoms with Gasteiger partial charge in [-0.3, -0.25) is 4.79 Å². The quantitative estimate of drug-likeness (QED) is 0.774. The molecule has 4 heteroatoms. The number of para-hydroxylation sites is 1. The number of piperidine rings is 1. The number of nitrogens with one attached hydrogen (secondary N) is 2. The van der Waals surface area contributed by atoms with Crippen molar-refractivity contribution in [2.75, 3.05) is 6.54 Å². The molecule has 2 fully saturated rings. The van der Waals surface area contributed by atoms with Crippen molar-refractivity contribution in [1.82, 2.24) is 10.6 Å². The number of carbonyl (C=O) groups is 1. The van der Waals surface area contributed by atoms with Gasteiger partial charge in [-0.1, -0.05) is 12.1 Å². The van der Waals surface area contributed by atoms with Gasteiger partial charge in [0.1, 0.15) is 5.75 Å².